The molecule has 0 aromatic heterocycles. The Bertz CT molecular complexity index is 911. The number of anilines is 1. The molecule has 28 heavy (non-hydrogen) atoms. The number of nitrogens with zero attached hydrogens (tertiary/aromatic N) is 2. The lowest BCUT2D eigenvalue weighted by atomic mass is 10.2. The Hall–Kier alpha value is -1.78. The molecule has 8 nitrogen and oxygen atoms in total. The summed E-state index contributed by atoms with van der Waals surface area (Å²) < 4.78 is 40.6. The lowest BCUT2D eigenvalue weighted by Gasteiger charge is -2.26. The topological polar surface area (TPSA) is 94.5 Å². The zero-order valence-corrected chi connectivity index (χ0v) is 17.3. The van der Waals surface area contributed by atoms with Gasteiger partial charge in [0.1, 0.15) is 17.6 Å². The van der Waals surface area contributed by atoms with Crippen LogP contribution in [0.15, 0.2) is 23.2 Å². The third-order valence-electron chi connectivity index (χ3n) is 5.12. The van der Waals surface area contributed by atoms with Gasteiger partial charge in [0.2, 0.25) is 0 Å². The highest BCUT2D eigenvalue weighted by Gasteiger charge is 2.50. The van der Waals surface area contributed by atoms with Gasteiger partial charge in [0.25, 0.3) is 5.91 Å². The summed E-state index contributed by atoms with van der Waals surface area (Å²) in [6, 6.07) is 5.01. The Kier molecular flexibility index (Phi) is 5.28. The van der Waals surface area contributed by atoms with E-state index in [0.717, 1.165) is 6.42 Å². The molecule has 0 unspecified atom stereocenters. The lowest BCUT2D eigenvalue weighted by molar-refractivity contribution is -0.126. The number of amides is 1. The van der Waals surface area contributed by atoms with Gasteiger partial charge in [-0.2, -0.15) is 4.99 Å². The first-order chi connectivity index (χ1) is 13.4. The van der Waals surface area contributed by atoms with Gasteiger partial charge in [0.05, 0.1) is 37.5 Å². The molecule has 0 N–H and O–H groups in total. The molecule has 4 rings (SSSR count). The zero-order chi connectivity index (χ0) is 19.9. The molecular formula is C18H22N2O6S2. The highest BCUT2D eigenvalue weighted by molar-refractivity contribution is 8.16. The Morgan fingerprint density at radius 1 is 1.29 bits per heavy atom. The third kappa shape index (κ3) is 3.60. The van der Waals surface area contributed by atoms with E-state index in [-0.39, 0.29) is 28.7 Å². The van der Waals surface area contributed by atoms with Crippen molar-refractivity contribution in [2.75, 3.05) is 37.2 Å². The second-order valence-electron chi connectivity index (χ2n) is 6.94. The second kappa shape index (κ2) is 7.57. The van der Waals surface area contributed by atoms with Crippen molar-refractivity contribution in [3.05, 3.63) is 18.2 Å². The first-order valence-electron chi connectivity index (χ1n) is 9.04. The molecule has 10 heteroatoms. The SMILES string of the molecule is COc1ccc(N2C(=NC(=O)[C@@H]3CCCO3)S[C@H]3CS(=O)(=O)C[C@@H]32)c(OC)c1. The molecule has 0 aliphatic carbocycles. The van der Waals surface area contributed by atoms with Gasteiger partial charge in [-0.25, -0.2) is 8.42 Å². The molecule has 3 fully saturated rings. The maximum absolute atomic E-state index is 12.6. The minimum absolute atomic E-state index is 0.0208. The molecule has 0 radical (unpaired) electrons. The maximum Gasteiger partial charge on any atom is 0.277 e. The summed E-state index contributed by atoms with van der Waals surface area (Å²) in [5, 5.41) is 0.321. The largest absolute Gasteiger partial charge is 0.497 e. The number of methoxy groups -OCH3 is 2. The maximum atomic E-state index is 12.6. The van der Waals surface area contributed by atoms with Crippen LogP contribution in [0.1, 0.15) is 12.8 Å². The summed E-state index contributed by atoms with van der Waals surface area (Å²) in [5.74, 6) is 0.927. The van der Waals surface area contributed by atoms with E-state index < -0.39 is 15.9 Å². The van der Waals surface area contributed by atoms with E-state index in [4.69, 9.17) is 14.2 Å². The summed E-state index contributed by atoms with van der Waals surface area (Å²) in [7, 11) is -0.0362. The number of fused-ring (bicyclic) bond motifs is 1. The molecule has 3 aliphatic heterocycles. The van der Waals surface area contributed by atoms with Crippen LogP contribution < -0.4 is 14.4 Å². The van der Waals surface area contributed by atoms with Crippen LogP contribution in [0.5, 0.6) is 11.5 Å². The monoisotopic (exact) mass is 426 g/mol. The number of aliphatic imine (C=N–C) groups is 1. The van der Waals surface area contributed by atoms with Crippen LogP contribution in [0.2, 0.25) is 0 Å². The number of benzene rings is 1. The molecule has 1 aromatic carbocycles. The van der Waals surface area contributed by atoms with Gasteiger partial charge in [-0.05, 0) is 25.0 Å². The molecule has 0 bridgehead atoms. The highest BCUT2D eigenvalue weighted by atomic mass is 32.2. The molecule has 3 saturated heterocycles. The van der Waals surface area contributed by atoms with Crippen LogP contribution in [0.25, 0.3) is 0 Å². The van der Waals surface area contributed by atoms with E-state index in [2.05, 4.69) is 4.99 Å². The second-order valence-corrected chi connectivity index (χ2v) is 10.3. The average Bonchev–Trinajstić information content (AvgIpc) is 3.36. The fourth-order valence-electron chi connectivity index (χ4n) is 3.77. The van der Waals surface area contributed by atoms with Crippen molar-refractivity contribution in [3.63, 3.8) is 0 Å². The summed E-state index contributed by atoms with van der Waals surface area (Å²) in [6.45, 7) is 0.563. The van der Waals surface area contributed by atoms with Gasteiger partial charge in [-0.3, -0.25) is 4.79 Å². The molecule has 3 atom stereocenters. The summed E-state index contributed by atoms with van der Waals surface area (Å²) in [5.41, 5.74) is 0.666. The Morgan fingerprint density at radius 2 is 2.11 bits per heavy atom. The van der Waals surface area contributed by atoms with Crippen molar-refractivity contribution in [1.82, 2.24) is 0 Å². The number of thioether (sulfide) groups is 1. The zero-order valence-electron chi connectivity index (χ0n) is 15.7. The number of hydrogen-bond acceptors (Lipinski definition) is 7. The number of carbonyl (C=O) groups excluding carboxylic acids is 1. The van der Waals surface area contributed by atoms with Crippen LogP contribution in [0.3, 0.4) is 0 Å². The molecular weight excluding hydrogens is 404 g/mol. The number of sulfone groups is 1. The van der Waals surface area contributed by atoms with Crippen molar-refractivity contribution in [3.8, 4) is 11.5 Å². The number of ether oxygens (including phenoxy) is 3. The predicted molar refractivity (Wildman–Crippen MR) is 107 cm³/mol. The number of carbonyl (C=O) groups is 1. The first-order valence-corrected chi connectivity index (χ1v) is 11.7. The van der Waals surface area contributed by atoms with Gasteiger partial charge < -0.3 is 19.1 Å². The highest BCUT2D eigenvalue weighted by Crippen LogP contribution is 2.44. The quantitative estimate of drug-likeness (QED) is 0.715. The Balaban J connectivity index is 1.73. The molecule has 0 saturated carbocycles. The van der Waals surface area contributed by atoms with Crippen molar-refractivity contribution < 1.29 is 27.4 Å². The lowest BCUT2D eigenvalue weighted by Crippen LogP contribution is -2.38. The van der Waals surface area contributed by atoms with Crippen molar-refractivity contribution >= 4 is 38.4 Å². The van der Waals surface area contributed by atoms with Crippen LogP contribution in [-0.4, -0.2) is 69.2 Å². The van der Waals surface area contributed by atoms with Crippen LogP contribution in [0, 0.1) is 0 Å². The third-order valence-corrected chi connectivity index (χ3v) is 8.33. The number of amidine groups is 1. The molecule has 0 spiro atoms. The van der Waals surface area contributed by atoms with E-state index >= 15 is 0 Å². The summed E-state index contributed by atoms with van der Waals surface area (Å²) in [6.07, 6.45) is 0.985. The summed E-state index contributed by atoms with van der Waals surface area (Å²) in [4.78, 5) is 18.7. The smallest absolute Gasteiger partial charge is 0.277 e. The molecule has 152 valence electrons. The Morgan fingerprint density at radius 3 is 2.79 bits per heavy atom. The fraction of sp³-hybridized carbons (Fsp3) is 0.556. The van der Waals surface area contributed by atoms with Crippen molar-refractivity contribution in [2.24, 2.45) is 4.99 Å². The van der Waals surface area contributed by atoms with Crippen molar-refractivity contribution in [1.29, 1.82) is 0 Å². The van der Waals surface area contributed by atoms with Crippen LogP contribution in [-0.2, 0) is 19.4 Å². The van der Waals surface area contributed by atoms with Gasteiger partial charge in [0.15, 0.2) is 15.0 Å². The predicted octanol–water partition coefficient (Wildman–Crippen LogP) is 1.48. The van der Waals surface area contributed by atoms with Gasteiger partial charge in [-0.1, -0.05) is 11.8 Å². The summed E-state index contributed by atoms with van der Waals surface area (Å²) >= 11 is 1.34. The number of rotatable bonds is 4. The van der Waals surface area contributed by atoms with E-state index in [9.17, 15) is 13.2 Å². The number of hydrogen-bond donors (Lipinski definition) is 0. The van der Waals surface area contributed by atoms with Gasteiger partial charge >= 0.3 is 0 Å². The van der Waals surface area contributed by atoms with Crippen LogP contribution in [0.4, 0.5) is 5.69 Å². The van der Waals surface area contributed by atoms with E-state index in [1.165, 1.54) is 11.8 Å². The van der Waals surface area contributed by atoms with Crippen LogP contribution >= 0.6 is 11.8 Å². The standard InChI is InChI=1S/C18H22N2O6S2/c1-24-11-5-6-12(15(8-11)25-2)20-13-9-28(22,23)10-16(13)27-18(20)19-17(21)14-4-3-7-26-14/h5-6,8,13-14,16H,3-4,7,9-10H2,1-2H3/t13-,14-,16-/m0/s1. The molecule has 1 amide bonds. The fourth-order valence-corrected chi connectivity index (χ4v) is 7.68. The van der Waals surface area contributed by atoms with Crippen molar-refractivity contribution in [2.45, 2.75) is 30.2 Å². The minimum Gasteiger partial charge on any atom is -0.497 e. The minimum atomic E-state index is -3.14. The molecule has 1 aromatic rings. The molecule has 3 heterocycles. The van der Waals surface area contributed by atoms with E-state index in [1.54, 1.807) is 32.4 Å². The van der Waals surface area contributed by atoms with E-state index in [0.29, 0.717) is 35.4 Å². The van der Waals surface area contributed by atoms with Gasteiger partial charge in [0, 0.05) is 17.9 Å². The van der Waals surface area contributed by atoms with E-state index in [1.807, 2.05) is 4.90 Å². The normalized spacial score (nSPS) is 29.9. The molecule has 3 aliphatic rings. The van der Waals surface area contributed by atoms with Gasteiger partial charge in [-0.15, -0.1) is 0 Å². The Labute approximate surface area is 168 Å². The first kappa shape index (κ1) is 19.5. The average molecular weight is 427 g/mol.